The Balaban J connectivity index is 1.59. The maximum Gasteiger partial charge on any atom is 0.227 e. The summed E-state index contributed by atoms with van der Waals surface area (Å²) in [6.07, 6.45) is 1.09. The van der Waals surface area contributed by atoms with Gasteiger partial charge in [0.2, 0.25) is 5.91 Å². The van der Waals surface area contributed by atoms with Gasteiger partial charge in [0.1, 0.15) is 17.6 Å². The van der Waals surface area contributed by atoms with Gasteiger partial charge in [0.15, 0.2) is 0 Å². The Hall–Kier alpha value is -2.53. The van der Waals surface area contributed by atoms with Gasteiger partial charge in [-0.05, 0) is 37.1 Å². The van der Waals surface area contributed by atoms with E-state index in [0.717, 1.165) is 48.7 Å². The van der Waals surface area contributed by atoms with Crippen molar-refractivity contribution >= 4 is 5.91 Å². The van der Waals surface area contributed by atoms with E-state index in [4.69, 9.17) is 9.47 Å². The maximum atomic E-state index is 12.5. The van der Waals surface area contributed by atoms with E-state index >= 15 is 0 Å². The van der Waals surface area contributed by atoms with Crippen molar-refractivity contribution in [3.8, 4) is 11.5 Å². The highest BCUT2D eigenvalue weighted by Crippen LogP contribution is 2.29. The van der Waals surface area contributed by atoms with Gasteiger partial charge in [-0.1, -0.05) is 37.3 Å². The average molecular weight is 383 g/mol. The highest BCUT2D eigenvalue weighted by Gasteiger charge is 2.22. The first-order chi connectivity index (χ1) is 13.6. The number of ether oxygens (including phenoxy) is 2. The van der Waals surface area contributed by atoms with Gasteiger partial charge in [-0.3, -0.25) is 9.69 Å². The molecule has 2 aromatic carbocycles. The van der Waals surface area contributed by atoms with Crippen molar-refractivity contribution < 1.29 is 14.3 Å². The predicted molar refractivity (Wildman–Crippen MR) is 111 cm³/mol. The van der Waals surface area contributed by atoms with Crippen molar-refractivity contribution in [3.63, 3.8) is 0 Å². The Morgan fingerprint density at radius 3 is 2.79 bits per heavy atom. The summed E-state index contributed by atoms with van der Waals surface area (Å²) in [6.45, 7) is 7.11. The van der Waals surface area contributed by atoms with Crippen molar-refractivity contribution in [2.75, 3.05) is 26.7 Å². The standard InChI is InChI=1S/C23H30N2O3/c1-4-20-16-25(15-19-14-21(27-3)10-11-22(19)28-20)13-12-24-23(26)17(2)18-8-6-5-7-9-18/h5-11,14,17,20H,4,12-13,15-16H2,1-3H3,(H,24,26). The van der Waals surface area contributed by atoms with Crippen LogP contribution in [0.2, 0.25) is 0 Å². The SMILES string of the molecule is CCC1CN(CCNC(=O)C(C)c2ccccc2)Cc2cc(OC)ccc2O1. The van der Waals surface area contributed by atoms with Crippen molar-refractivity contribution in [1.29, 1.82) is 0 Å². The van der Waals surface area contributed by atoms with Crippen LogP contribution < -0.4 is 14.8 Å². The average Bonchev–Trinajstić information content (AvgIpc) is 2.91. The Kier molecular flexibility index (Phi) is 6.93. The van der Waals surface area contributed by atoms with E-state index in [1.807, 2.05) is 55.5 Å². The van der Waals surface area contributed by atoms with Crippen LogP contribution in [0, 0.1) is 0 Å². The second-order valence-corrected chi connectivity index (χ2v) is 7.28. The van der Waals surface area contributed by atoms with Gasteiger partial charge in [-0.15, -0.1) is 0 Å². The predicted octanol–water partition coefficient (Wildman–Crippen LogP) is 3.59. The third-order valence-electron chi connectivity index (χ3n) is 5.29. The first kappa shape index (κ1) is 20.2. The van der Waals surface area contributed by atoms with E-state index in [0.29, 0.717) is 6.54 Å². The summed E-state index contributed by atoms with van der Waals surface area (Å²) in [5, 5.41) is 3.08. The number of nitrogens with one attached hydrogen (secondary N) is 1. The van der Waals surface area contributed by atoms with Crippen LogP contribution in [-0.2, 0) is 11.3 Å². The van der Waals surface area contributed by atoms with Crippen molar-refractivity contribution in [3.05, 3.63) is 59.7 Å². The normalized spacial score (nSPS) is 17.8. The topological polar surface area (TPSA) is 50.8 Å². The van der Waals surface area contributed by atoms with Crippen LogP contribution in [0.4, 0.5) is 0 Å². The highest BCUT2D eigenvalue weighted by molar-refractivity contribution is 5.83. The van der Waals surface area contributed by atoms with Crippen LogP contribution in [0.5, 0.6) is 11.5 Å². The summed E-state index contributed by atoms with van der Waals surface area (Å²) in [7, 11) is 1.68. The number of methoxy groups -OCH3 is 1. The molecule has 1 aliphatic heterocycles. The monoisotopic (exact) mass is 382 g/mol. The molecule has 1 heterocycles. The highest BCUT2D eigenvalue weighted by atomic mass is 16.5. The molecule has 1 amide bonds. The lowest BCUT2D eigenvalue weighted by atomic mass is 10.0. The van der Waals surface area contributed by atoms with Gasteiger partial charge in [-0.2, -0.15) is 0 Å². The molecule has 0 bridgehead atoms. The molecule has 0 aromatic heterocycles. The van der Waals surface area contributed by atoms with E-state index in [-0.39, 0.29) is 17.9 Å². The first-order valence-corrected chi connectivity index (χ1v) is 9.99. The Morgan fingerprint density at radius 2 is 2.07 bits per heavy atom. The molecular formula is C23H30N2O3. The number of amides is 1. The van der Waals surface area contributed by atoms with Crippen molar-refractivity contribution in [2.24, 2.45) is 0 Å². The number of nitrogens with zero attached hydrogens (tertiary/aromatic N) is 1. The molecule has 2 aromatic rings. The fourth-order valence-corrected chi connectivity index (χ4v) is 3.50. The number of carbonyl (C=O) groups excluding carboxylic acids is 1. The molecule has 0 fully saturated rings. The minimum absolute atomic E-state index is 0.0615. The zero-order chi connectivity index (χ0) is 19.9. The van der Waals surface area contributed by atoms with Gasteiger partial charge >= 0.3 is 0 Å². The zero-order valence-electron chi connectivity index (χ0n) is 17.0. The van der Waals surface area contributed by atoms with Crippen LogP contribution in [0.25, 0.3) is 0 Å². The number of rotatable bonds is 7. The van der Waals surface area contributed by atoms with Gasteiger partial charge in [-0.25, -0.2) is 0 Å². The molecule has 1 aliphatic rings. The number of carbonyl (C=O) groups is 1. The number of hydrogen-bond acceptors (Lipinski definition) is 4. The molecule has 0 radical (unpaired) electrons. The van der Waals surface area contributed by atoms with Gasteiger partial charge in [0.25, 0.3) is 0 Å². The number of benzene rings is 2. The second-order valence-electron chi connectivity index (χ2n) is 7.28. The summed E-state index contributed by atoms with van der Waals surface area (Å²) in [4.78, 5) is 14.8. The summed E-state index contributed by atoms with van der Waals surface area (Å²) < 4.78 is 11.5. The molecule has 5 heteroatoms. The van der Waals surface area contributed by atoms with Crippen LogP contribution in [0.15, 0.2) is 48.5 Å². The molecule has 5 nitrogen and oxygen atoms in total. The van der Waals surface area contributed by atoms with Gasteiger partial charge in [0, 0.05) is 31.7 Å². The second kappa shape index (κ2) is 9.60. The number of hydrogen-bond donors (Lipinski definition) is 1. The number of fused-ring (bicyclic) bond motifs is 1. The Labute approximate surface area is 167 Å². The van der Waals surface area contributed by atoms with Crippen LogP contribution in [0.3, 0.4) is 0 Å². The molecule has 0 spiro atoms. The van der Waals surface area contributed by atoms with Crippen molar-refractivity contribution in [1.82, 2.24) is 10.2 Å². The summed E-state index contributed by atoms with van der Waals surface area (Å²) in [6, 6.07) is 15.8. The van der Waals surface area contributed by atoms with Gasteiger partial charge in [0.05, 0.1) is 13.0 Å². The zero-order valence-corrected chi connectivity index (χ0v) is 17.0. The third kappa shape index (κ3) is 5.04. The quantitative estimate of drug-likeness (QED) is 0.795. The molecule has 3 rings (SSSR count). The summed E-state index contributed by atoms with van der Waals surface area (Å²) in [5.41, 5.74) is 2.16. The van der Waals surface area contributed by atoms with Gasteiger partial charge < -0.3 is 14.8 Å². The summed E-state index contributed by atoms with van der Waals surface area (Å²) >= 11 is 0. The molecule has 150 valence electrons. The van der Waals surface area contributed by atoms with E-state index in [1.165, 1.54) is 0 Å². The molecule has 2 unspecified atom stereocenters. The Morgan fingerprint density at radius 1 is 1.29 bits per heavy atom. The molecular weight excluding hydrogens is 352 g/mol. The van der Waals surface area contributed by atoms with E-state index in [9.17, 15) is 4.79 Å². The van der Waals surface area contributed by atoms with E-state index in [1.54, 1.807) is 7.11 Å². The maximum absolute atomic E-state index is 12.5. The minimum Gasteiger partial charge on any atom is -0.497 e. The van der Waals surface area contributed by atoms with Crippen molar-refractivity contribution in [2.45, 2.75) is 38.8 Å². The Bertz CT molecular complexity index is 779. The largest absolute Gasteiger partial charge is 0.497 e. The smallest absolute Gasteiger partial charge is 0.227 e. The minimum atomic E-state index is -0.151. The van der Waals surface area contributed by atoms with Crippen LogP contribution in [0.1, 0.15) is 37.3 Å². The molecule has 1 N–H and O–H groups in total. The molecule has 0 saturated heterocycles. The fraction of sp³-hybridized carbons (Fsp3) is 0.435. The lowest BCUT2D eigenvalue weighted by Crippen LogP contribution is -2.39. The van der Waals surface area contributed by atoms with Crippen LogP contribution in [-0.4, -0.2) is 43.7 Å². The summed E-state index contributed by atoms with van der Waals surface area (Å²) in [5.74, 6) is 1.67. The van der Waals surface area contributed by atoms with Crippen LogP contribution >= 0.6 is 0 Å². The lowest BCUT2D eigenvalue weighted by Gasteiger charge is -2.23. The van der Waals surface area contributed by atoms with E-state index in [2.05, 4.69) is 17.1 Å². The molecule has 2 atom stereocenters. The molecule has 0 aliphatic carbocycles. The molecule has 0 saturated carbocycles. The fourth-order valence-electron chi connectivity index (χ4n) is 3.50. The third-order valence-corrected chi connectivity index (χ3v) is 5.29. The molecule has 28 heavy (non-hydrogen) atoms. The first-order valence-electron chi connectivity index (χ1n) is 9.99. The van der Waals surface area contributed by atoms with E-state index < -0.39 is 0 Å². The lowest BCUT2D eigenvalue weighted by molar-refractivity contribution is -0.122.